The van der Waals surface area contributed by atoms with Crippen molar-refractivity contribution in [1.29, 1.82) is 10.5 Å². The molecular weight excluding hydrogens is 905 g/mol. The molecule has 0 aromatic heterocycles. The summed E-state index contributed by atoms with van der Waals surface area (Å²) in [4.78, 5) is 31.5. The first-order chi connectivity index (χ1) is 34.8. The largest absolute Gasteiger partial charge is 0.422 e. The Hall–Kier alpha value is -7.06. The Morgan fingerprint density at radius 3 is 1.47 bits per heavy atom. The van der Waals surface area contributed by atoms with Crippen molar-refractivity contribution in [3.63, 3.8) is 0 Å². The SMILES string of the molecule is CCOCCN(CCOCC)c1ccc(/C=C(\C#N)C(=O)Oc2ccc(C3(c4ccc(OC(=O)/C(C#N)=C/c5ccc(N(CCCOC)CCOC)cc5C)cc4)CC(C)(C)c4ccccc43)cc2)c(C)c1. The molecule has 5 aromatic carbocycles. The monoisotopic (exact) mass is 973 g/mol. The van der Waals surface area contributed by atoms with Gasteiger partial charge in [-0.05, 0) is 151 Å². The molecule has 1 aliphatic rings. The highest BCUT2D eigenvalue weighted by molar-refractivity contribution is 6.00. The van der Waals surface area contributed by atoms with E-state index in [1.807, 2.05) is 107 Å². The van der Waals surface area contributed by atoms with E-state index in [4.69, 9.17) is 28.4 Å². The van der Waals surface area contributed by atoms with Crippen LogP contribution in [-0.4, -0.2) is 92.0 Å². The van der Waals surface area contributed by atoms with Crippen LogP contribution in [-0.2, 0) is 39.4 Å². The summed E-state index contributed by atoms with van der Waals surface area (Å²) >= 11 is 0. The van der Waals surface area contributed by atoms with Gasteiger partial charge >= 0.3 is 11.9 Å². The van der Waals surface area contributed by atoms with E-state index in [0.29, 0.717) is 70.8 Å². The Bertz CT molecular complexity index is 2780. The normalized spacial score (nSPS) is 15.0. The van der Waals surface area contributed by atoms with Crippen molar-refractivity contribution in [2.45, 2.75) is 65.2 Å². The molecule has 0 amide bonds. The highest BCUT2D eigenvalue weighted by atomic mass is 16.5. The number of nitrogens with zero attached hydrogens (tertiary/aromatic N) is 4. The van der Waals surface area contributed by atoms with Gasteiger partial charge in [0.05, 0.1) is 19.8 Å². The maximum absolute atomic E-state index is 13.6. The molecule has 0 spiro atoms. The summed E-state index contributed by atoms with van der Waals surface area (Å²) in [5.41, 5.74) is 8.51. The lowest BCUT2D eigenvalue weighted by Gasteiger charge is -2.34. The highest BCUT2D eigenvalue weighted by Gasteiger charge is 2.49. The molecule has 1 unspecified atom stereocenters. The molecule has 376 valence electrons. The van der Waals surface area contributed by atoms with Gasteiger partial charge in [-0.1, -0.05) is 74.5 Å². The van der Waals surface area contributed by atoms with Crippen molar-refractivity contribution >= 4 is 35.5 Å². The number of ether oxygens (including phenoxy) is 6. The van der Waals surface area contributed by atoms with E-state index in [1.54, 1.807) is 50.6 Å². The zero-order valence-corrected chi connectivity index (χ0v) is 43.1. The fourth-order valence-electron chi connectivity index (χ4n) is 9.52. The number of hydrogen-bond donors (Lipinski definition) is 0. The van der Waals surface area contributed by atoms with Crippen molar-refractivity contribution in [1.82, 2.24) is 0 Å². The molecule has 0 heterocycles. The summed E-state index contributed by atoms with van der Waals surface area (Å²) in [6.07, 6.45) is 4.72. The predicted octanol–water partition coefficient (Wildman–Crippen LogP) is 10.7. The standard InChI is InChI=1S/C60H68N4O8/c1-9-69-34-30-64(31-35-70-10-2)52-23-17-46(44(4)37-52)39-48(41-62)58(66)72-54-26-20-50(21-27-54)60(42-59(5,6)55-14-11-12-15-56(55)60)49-18-24-53(25-19-49)71-57(65)47(40-61)38-45-16-22-51(36-43(45)3)63(29-33-68-8)28-13-32-67-7/h11-12,14-27,36-39H,9-10,13,28-35,42H2,1-8H3/b47-38+,48-39+. The van der Waals surface area contributed by atoms with Crippen LogP contribution in [0.5, 0.6) is 11.5 Å². The number of nitriles is 2. The Morgan fingerprint density at radius 2 is 1.04 bits per heavy atom. The number of methoxy groups -OCH3 is 2. The number of benzene rings is 5. The number of hydrogen-bond acceptors (Lipinski definition) is 12. The van der Waals surface area contributed by atoms with Crippen LogP contribution in [0.1, 0.15) is 85.0 Å². The van der Waals surface area contributed by atoms with Crippen LogP contribution < -0.4 is 19.3 Å². The van der Waals surface area contributed by atoms with Gasteiger partial charge in [0, 0.05) is 77.0 Å². The first-order valence-corrected chi connectivity index (χ1v) is 24.7. The topological polar surface area (TPSA) is 144 Å². The first kappa shape index (κ1) is 54.3. The fraction of sp³-hybridized carbons (Fsp3) is 0.367. The van der Waals surface area contributed by atoms with E-state index in [0.717, 1.165) is 69.7 Å². The average Bonchev–Trinajstić information content (AvgIpc) is 3.63. The third-order valence-electron chi connectivity index (χ3n) is 13.2. The summed E-state index contributed by atoms with van der Waals surface area (Å²) in [7, 11) is 3.37. The van der Waals surface area contributed by atoms with E-state index in [9.17, 15) is 20.1 Å². The molecule has 5 aromatic rings. The molecule has 0 saturated heterocycles. The Kier molecular flexibility index (Phi) is 19.5. The average molecular weight is 973 g/mol. The number of anilines is 2. The lowest BCUT2D eigenvalue weighted by molar-refractivity contribution is -0.130. The second-order valence-corrected chi connectivity index (χ2v) is 18.5. The molecule has 1 aliphatic carbocycles. The summed E-state index contributed by atoms with van der Waals surface area (Å²) in [6.45, 7) is 18.9. The van der Waals surface area contributed by atoms with Crippen LogP contribution in [0, 0.1) is 36.5 Å². The second kappa shape index (κ2) is 25.9. The molecule has 0 fully saturated rings. The van der Waals surface area contributed by atoms with Gasteiger partial charge in [-0.15, -0.1) is 0 Å². The summed E-state index contributed by atoms with van der Waals surface area (Å²) < 4.78 is 33.5. The summed E-state index contributed by atoms with van der Waals surface area (Å²) in [6, 6.07) is 39.3. The van der Waals surface area contributed by atoms with Gasteiger partial charge in [0.15, 0.2) is 0 Å². The Labute approximate surface area is 426 Å². The van der Waals surface area contributed by atoms with Gasteiger partial charge in [0.1, 0.15) is 34.8 Å². The Morgan fingerprint density at radius 1 is 0.597 bits per heavy atom. The molecular formula is C60H68N4O8. The number of carbonyl (C=O) groups excluding carboxylic acids is 2. The molecule has 0 aliphatic heterocycles. The van der Waals surface area contributed by atoms with E-state index < -0.39 is 17.4 Å². The van der Waals surface area contributed by atoms with Gasteiger partial charge in [-0.25, -0.2) is 9.59 Å². The van der Waals surface area contributed by atoms with Crippen molar-refractivity contribution < 1.29 is 38.0 Å². The number of aryl methyl sites for hydroxylation is 2. The van der Waals surface area contributed by atoms with Gasteiger partial charge in [-0.3, -0.25) is 0 Å². The molecule has 0 radical (unpaired) electrons. The quantitative estimate of drug-likeness (QED) is 0.0180. The molecule has 6 rings (SSSR count). The van der Waals surface area contributed by atoms with Crippen LogP contribution in [0.15, 0.2) is 120 Å². The zero-order valence-electron chi connectivity index (χ0n) is 43.1. The molecule has 0 bridgehead atoms. The van der Waals surface area contributed by atoms with Gasteiger partial charge in [-0.2, -0.15) is 10.5 Å². The second-order valence-electron chi connectivity index (χ2n) is 18.5. The van der Waals surface area contributed by atoms with Gasteiger partial charge in [0.2, 0.25) is 0 Å². The van der Waals surface area contributed by atoms with E-state index in [2.05, 4.69) is 41.8 Å². The molecule has 1 atom stereocenters. The zero-order chi connectivity index (χ0) is 51.7. The van der Waals surface area contributed by atoms with Crippen molar-refractivity contribution in [3.8, 4) is 23.6 Å². The lowest BCUT2D eigenvalue weighted by Crippen LogP contribution is -2.31. The molecule has 0 saturated carbocycles. The summed E-state index contributed by atoms with van der Waals surface area (Å²) in [5, 5.41) is 20.3. The minimum Gasteiger partial charge on any atom is -0.422 e. The van der Waals surface area contributed by atoms with E-state index in [-0.39, 0.29) is 16.6 Å². The molecule has 12 heteroatoms. The fourth-order valence-corrected chi connectivity index (χ4v) is 9.52. The number of rotatable bonds is 25. The van der Waals surface area contributed by atoms with Crippen LogP contribution >= 0.6 is 0 Å². The lowest BCUT2D eigenvalue weighted by atomic mass is 9.68. The maximum atomic E-state index is 13.6. The summed E-state index contributed by atoms with van der Waals surface area (Å²) in [5.74, 6) is -0.912. The first-order valence-electron chi connectivity index (χ1n) is 24.7. The van der Waals surface area contributed by atoms with Gasteiger partial charge in [0.25, 0.3) is 0 Å². The predicted molar refractivity (Wildman–Crippen MR) is 283 cm³/mol. The number of fused-ring (bicyclic) bond motifs is 1. The molecule has 0 N–H and O–H groups in total. The molecule has 72 heavy (non-hydrogen) atoms. The van der Waals surface area contributed by atoms with Crippen LogP contribution in [0.3, 0.4) is 0 Å². The highest BCUT2D eigenvalue weighted by Crippen LogP contribution is 2.56. The van der Waals surface area contributed by atoms with Gasteiger partial charge < -0.3 is 38.2 Å². The maximum Gasteiger partial charge on any atom is 0.354 e. The van der Waals surface area contributed by atoms with E-state index in [1.165, 1.54) is 5.56 Å². The van der Waals surface area contributed by atoms with Crippen LogP contribution in [0.2, 0.25) is 0 Å². The van der Waals surface area contributed by atoms with Crippen LogP contribution in [0.25, 0.3) is 12.2 Å². The number of carbonyl (C=O) groups is 2. The molecule has 12 nitrogen and oxygen atoms in total. The van der Waals surface area contributed by atoms with Crippen LogP contribution in [0.4, 0.5) is 11.4 Å². The third-order valence-corrected chi connectivity index (χ3v) is 13.2. The Balaban J connectivity index is 1.21. The number of esters is 2. The smallest absolute Gasteiger partial charge is 0.354 e. The third kappa shape index (κ3) is 13.3. The van der Waals surface area contributed by atoms with E-state index >= 15 is 0 Å². The van der Waals surface area contributed by atoms with Crippen molar-refractivity contribution in [2.75, 3.05) is 89.8 Å². The minimum atomic E-state index is -0.757. The van der Waals surface area contributed by atoms with Crippen molar-refractivity contribution in [2.24, 2.45) is 0 Å². The minimum absolute atomic E-state index is 0.123. The van der Waals surface area contributed by atoms with Crippen molar-refractivity contribution in [3.05, 3.63) is 165 Å².